The first-order valence-corrected chi connectivity index (χ1v) is 5.79. The van der Waals surface area contributed by atoms with Crippen LogP contribution >= 0.6 is 0 Å². The van der Waals surface area contributed by atoms with Crippen LogP contribution in [0.2, 0.25) is 0 Å². The van der Waals surface area contributed by atoms with Gasteiger partial charge in [-0.05, 0) is 12.0 Å². The van der Waals surface area contributed by atoms with Gasteiger partial charge in [0, 0.05) is 24.8 Å². The number of hydrogen-bond donors (Lipinski definition) is 1. The van der Waals surface area contributed by atoms with Crippen LogP contribution in [-0.2, 0) is 12.7 Å². The summed E-state index contributed by atoms with van der Waals surface area (Å²) in [6.45, 7) is 3.94. The highest BCUT2D eigenvalue weighted by molar-refractivity contribution is 5.13. The summed E-state index contributed by atoms with van der Waals surface area (Å²) in [5, 5.41) is 0. The maximum atomic E-state index is 12.5. The molecule has 0 bridgehead atoms. The molecular weight excluding hydrogens is 245 g/mol. The first-order valence-electron chi connectivity index (χ1n) is 5.79. The fourth-order valence-electron chi connectivity index (χ4n) is 1.55. The van der Waals surface area contributed by atoms with Crippen LogP contribution in [0.25, 0.3) is 0 Å². The van der Waals surface area contributed by atoms with Gasteiger partial charge in [-0.3, -0.25) is 4.79 Å². The molecule has 2 N–H and O–H groups in total. The normalized spacial score (nSPS) is 15.4. The second kappa shape index (κ2) is 5.56. The van der Waals surface area contributed by atoms with Gasteiger partial charge in [-0.1, -0.05) is 20.3 Å². The standard InChI is InChI=1S/C12H17F3N2O/c1-3-8(2)10(16)7-17-6-9(12(13,14)15)4-5-11(17)18/h4-6,8,10H,3,7,16H2,1-2H3. The minimum Gasteiger partial charge on any atom is -0.326 e. The molecule has 0 aliphatic rings. The number of pyridine rings is 1. The van der Waals surface area contributed by atoms with Gasteiger partial charge in [0.15, 0.2) is 0 Å². The molecule has 0 aromatic carbocycles. The van der Waals surface area contributed by atoms with E-state index in [-0.39, 0.29) is 18.5 Å². The second-order valence-corrected chi connectivity index (χ2v) is 4.46. The number of rotatable bonds is 4. The zero-order valence-electron chi connectivity index (χ0n) is 10.4. The van der Waals surface area contributed by atoms with Gasteiger partial charge in [0.1, 0.15) is 0 Å². The number of nitrogens with two attached hydrogens (primary N) is 1. The van der Waals surface area contributed by atoms with E-state index in [1.807, 2.05) is 13.8 Å². The summed E-state index contributed by atoms with van der Waals surface area (Å²) in [5.74, 6) is 0.145. The molecule has 3 nitrogen and oxygen atoms in total. The third-order valence-corrected chi connectivity index (χ3v) is 3.09. The van der Waals surface area contributed by atoms with Gasteiger partial charge < -0.3 is 10.3 Å². The molecule has 0 amide bonds. The highest BCUT2D eigenvalue weighted by atomic mass is 19.4. The molecule has 6 heteroatoms. The Hall–Kier alpha value is -1.30. The molecule has 18 heavy (non-hydrogen) atoms. The zero-order chi connectivity index (χ0) is 13.9. The van der Waals surface area contributed by atoms with Crippen LogP contribution in [0.4, 0.5) is 13.2 Å². The molecular formula is C12H17F3N2O. The van der Waals surface area contributed by atoms with Crippen molar-refractivity contribution < 1.29 is 13.2 Å². The first kappa shape index (κ1) is 14.8. The van der Waals surface area contributed by atoms with Gasteiger partial charge in [0.25, 0.3) is 5.56 Å². The lowest BCUT2D eigenvalue weighted by Gasteiger charge is -2.20. The Kier molecular flexibility index (Phi) is 4.56. The molecule has 1 aromatic heterocycles. The zero-order valence-corrected chi connectivity index (χ0v) is 10.4. The van der Waals surface area contributed by atoms with E-state index in [2.05, 4.69) is 0 Å². The van der Waals surface area contributed by atoms with Crippen molar-refractivity contribution in [3.8, 4) is 0 Å². The largest absolute Gasteiger partial charge is 0.417 e. The maximum Gasteiger partial charge on any atom is 0.417 e. The van der Waals surface area contributed by atoms with Crippen LogP contribution in [0, 0.1) is 5.92 Å². The van der Waals surface area contributed by atoms with Crippen LogP contribution in [-0.4, -0.2) is 10.6 Å². The molecule has 0 fully saturated rings. The Labute approximate surface area is 103 Å². The average Bonchev–Trinajstić information content (AvgIpc) is 2.29. The van der Waals surface area contributed by atoms with Crippen molar-refractivity contribution >= 4 is 0 Å². The lowest BCUT2D eigenvalue weighted by molar-refractivity contribution is -0.138. The van der Waals surface area contributed by atoms with Gasteiger partial charge in [-0.2, -0.15) is 13.2 Å². The third-order valence-electron chi connectivity index (χ3n) is 3.09. The number of aromatic nitrogens is 1. The third kappa shape index (κ3) is 3.60. The molecule has 1 heterocycles. The molecule has 1 aromatic rings. The lowest BCUT2D eigenvalue weighted by Crippen LogP contribution is -2.36. The van der Waals surface area contributed by atoms with E-state index < -0.39 is 17.3 Å². The van der Waals surface area contributed by atoms with Crippen LogP contribution in [0.15, 0.2) is 23.1 Å². The van der Waals surface area contributed by atoms with E-state index in [1.54, 1.807) is 0 Å². The fraction of sp³-hybridized carbons (Fsp3) is 0.583. The predicted molar refractivity (Wildman–Crippen MR) is 63.1 cm³/mol. The van der Waals surface area contributed by atoms with Crippen LogP contribution in [0.1, 0.15) is 25.8 Å². The molecule has 2 unspecified atom stereocenters. The Balaban J connectivity index is 2.99. The van der Waals surface area contributed by atoms with Crippen LogP contribution < -0.4 is 11.3 Å². The summed E-state index contributed by atoms with van der Waals surface area (Å²) >= 11 is 0. The second-order valence-electron chi connectivity index (χ2n) is 4.46. The first-order chi connectivity index (χ1) is 8.25. The van der Waals surface area contributed by atoms with Crippen molar-refractivity contribution in [2.45, 2.75) is 39.0 Å². The summed E-state index contributed by atoms with van der Waals surface area (Å²) in [5.41, 5.74) is 4.54. The smallest absolute Gasteiger partial charge is 0.326 e. The molecule has 0 saturated heterocycles. The van der Waals surface area contributed by atoms with Crippen LogP contribution in [0.5, 0.6) is 0 Å². The predicted octanol–water partition coefficient (Wildman–Crippen LogP) is 2.24. The number of alkyl halides is 3. The van der Waals surface area contributed by atoms with E-state index in [0.29, 0.717) is 0 Å². The molecule has 1 rings (SSSR count). The van der Waals surface area contributed by atoms with E-state index in [9.17, 15) is 18.0 Å². The SMILES string of the molecule is CCC(C)C(N)Cn1cc(C(F)(F)F)ccc1=O. The topological polar surface area (TPSA) is 48.0 Å². The summed E-state index contributed by atoms with van der Waals surface area (Å²) < 4.78 is 38.6. The average molecular weight is 262 g/mol. The van der Waals surface area contributed by atoms with Gasteiger partial charge in [-0.15, -0.1) is 0 Å². The highest BCUT2D eigenvalue weighted by Crippen LogP contribution is 2.28. The highest BCUT2D eigenvalue weighted by Gasteiger charge is 2.31. The van der Waals surface area contributed by atoms with Crippen molar-refractivity contribution in [1.82, 2.24) is 4.57 Å². The van der Waals surface area contributed by atoms with Gasteiger partial charge in [0.2, 0.25) is 0 Å². The Morgan fingerprint density at radius 3 is 2.50 bits per heavy atom. The molecule has 102 valence electrons. The molecule has 0 spiro atoms. The molecule has 0 aliphatic carbocycles. The van der Waals surface area contributed by atoms with Crippen LogP contribution in [0.3, 0.4) is 0 Å². The Morgan fingerprint density at radius 1 is 1.39 bits per heavy atom. The minimum atomic E-state index is -4.45. The molecule has 0 aliphatic heterocycles. The Morgan fingerprint density at radius 2 is 2.00 bits per heavy atom. The van der Waals surface area contributed by atoms with E-state index >= 15 is 0 Å². The van der Waals surface area contributed by atoms with Crippen molar-refractivity contribution in [2.24, 2.45) is 11.7 Å². The monoisotopic (exact) mass is 262 g/mol. The summed E-state index contributed by atoms with van der Waals surface area (Å²) in [6, 6.07) is 1.37. The van der Waals surface area contributed by atoms with Crippen molar-refractivity contribution in [1.29, 1.82) is 0 Å². The van der Waals surface area contributed by atoms with Crippen molar-refractivity contribution in [3.05, 3.63) is 34.2 Å². The quantitative estimate of drug-likeness (QED) is 0.904. The van der Waals surface area contributed by atoms with Crippen molar-refractivity contribution in [3.63, 3.8) is 0 Å². The number of halogens is 3. The van der Waals surface area contributed by atoms with E-state index in [4.69, 9.17) is 5.73 Å². The number of hydrogen-bond acceptors (Lipinski definition) is 2. The number of nitrogens with zero attached hydrogens (tertiary/aromatic N) is 1. The molecule has 2 atom stereocenters. The van der Waals surface area contributed by atoms with Crippen molar-refractivity contribution in [2.75, 3.05) is 0 Å². The fourth-order valence-corrected chi connectivity index (χ4v) is 1.55. The lowest BCUT2D eigenvalue weighted by atomic mass is 10.00. The minimum absolute atomic E-state index is 0.0950. The van der Waals surface area contributed by atoms with E-state index in [0.717, 1.165) is 29.3 Å². The van der Waals surface area contributed by atoms with Gasteiger partial charge in [0.05, 0.1) is 5.56 Å². The van der Waals surface area contributed by atoms with Gasteiger partial charge >= 0.3 is 6.18 Å². The summed E-state index contributed by atoms with van der Waals surface area (Å²) in [7, 11) is 0. The Bertz CT molecular complexity index is 453. The maximum absolute atomic E-state index is 12.5. The summed E-state index contributed by atoms with van der Waals surface area (Å²) in [4.78, 5) is 11.5. The summed E-state index contributed by atoms with van der Waals surface area (Å²) in [6.07, 6.45) is -2.81. The van der Waals surface area contributed by atoms with E-state index in [1.165, 1.54) is 0 Å². The van der Waals surface area contributed by atoms with Gasteiger partial charge in [-0.25, -0.2) is 0 Å². The molecule has 0 saturated carbocycles. The molecule has 0 radical (unpaired) electrons.